The van der Waals surface area contributed by atoms with Crippen LogP contribution in [0.4, 0.5) is 5.69 Å². The molecule has 1 amide bonds. The molecule has 1 saturated carbocycles. The maximum absolute atomic E-state index is 13.7. The van der Waals surface area contributed by atoms with Gasteiger partial charge in [-0.3, -0.25) is 14.4 Å². The van der Waals surface area contributed by atoms with E-state index in [0.717, 1.165) is 64.7 Å². The number of halogens is 1. The number of anilines is 1. The van der Waals surface area contributed by atoms with Gasteiger partial charge in [-0.2, -0.15) is 0 Å². The number of H-pyrrole nitrogens is 1. The number of allylic oxidation sites excluding steroid dienone is 1. The Bertz CT molecular complexity index is 2320. The summed E-state index contributed by atoms with van der Waals surface area (Å²) in [5.74, 6) is 0.866. The largest absolute Gasteiger partial charge is 0.455 e. The molecule has 4 aromatic carbocycles. The van der Waals surface area contributed by atoms with Crippen LogP contribution in [0.15, 0.2) is 120 Å². The van der Waals surface area contributed by atoms with Crippen LogP contribution in [0.3, 0.4) is 0 Å². The molecule has 1 spiro atoms. The number of aromatic nitrogens is 2. The van der Waals surface area contributed by atoms with Crippen LogP contribution in [-0.4, -0.2) is 53.5 Å². The fraction of sp³-hybridized carbons (Fsp3) is 0.273. The first-order valence-electron chi connectivity index (χ1n) is 18.6. The average Bonchev–Trinajstić information content (AvgIpc) is 3.65. The summed E-state index contributed by atoms with van der Waals surface area (Å²) in [5, 5.41) is 4.04. The minimum Gasteiger partial charge on any atom is -0.455 e. The normalized spacial score (nSPS) is 17.3. The highest BCUT2D eigenvalue weighted by Crippen LogP contribution is 2.55. The predicted octanol–water partition coefficient (Wildman–Crippen LogP) is 10.5. The van der Waals surface area contributed by atoms with E-state index in [9.17, 15) is 4.79 Å². The van der Waals surface area contributed by atoms with Crippen LogP contribution in [0.2, 0.25) is 5.02 Å². The maximum Gasteiger partial charge on any atom is 0.265 e. The lowest BCUT2D eigenvalue weighted by Crippen LogP contribution is -2.47. The summed E-state index contributed by atoms with van der Waals surface area (Å²) >= 11 is 7.59. The number of aromatic amines is 1. The quantitative estimate of drug-likeness (QED) is 0.144. The van der Waals surface area contributed by atoms with Gasteiger partial charge in [-0.15, -0.1) is 0 Å². The highest BCUT2D eigenvalue weighted by molar-refractivity contribution is 7.98. The molecule has 9 rings (SSSR count). The van der Waals surface area contributed by atoms with Crippen molar-refractivity contribution in [1.29, 1.82) is 0 Å². The summed E-state index contributed by atoms with van der Waals surface area (Å²) in [5.41, 5.74) is 7.31. The summed E-state index contributed by atoms with van der Waals surface area (Å²) in [7, 11) is 0. The molecular weight excluding hydrogens is 698 g/mol. The fourth-order valence-corrected chi connectivity index (χ4v) is 9.07. The second-order valence-corrected chi connectivity index (χ2v) is 16.1. The van der Waals surface area contributed by atoms with Gasteiger partial charge in [0.25, 0.3) is 5.91 Å². The molecule has 1 saturated heterocycles. The van der Waals surface area contributed by atoms with Gasteiger partial charge in [0.2, 0.25) is 0 Å². The number of carbonyl (C=O) groups excluding carboxylic acids is 1. The SMILES string of the molecule is O=C(NSc1ccc2ccccc2c1)c1ccc(N2CCN(CC3=C(c4ccc(Cl)cc4)CC4(CCC4)CC3)CC2)cc1Oc1cnc2[nH]ccc2c1. The van der Waals surface area contributed by atoms with Gasteiger partial charge < -0.3 is 14.6 Å². The van der Waals surface area contributed by atoms with E-state index in [4.69, 9.17) is 16.3 Å². The lowest BCUT2D eigenvalue weighted by atomic mass is 9.59. The molecule has 53 heavy (non-hydrogen) atoms. The number of benzene rings is 4. The highest BCUT2D eigenvalue weighted by atomic mass is 35.5. The van der Waals surface area contributed by atoms with Gasteiger partial charge in [-0.1, -0.05) is 66.1 Å². The summed E-state index contributed by atoms with van der Waals surface area (Å²) in [6.07, 6.45) is 11.3. The average molecular weight is 740 g/mol. The number of carbonyl (C=O) groups is 1. The third kappa shape index (κ3) is 7.28. The smallest absolute Gasteiger partial charge is 0.265 e. The van der Waals surface area contributed by atoms with E-state index in [1.54, 1.807) is 17.3 Å². The molecule has 3 aliphatic rings. The molecule has 9 heteroatoms. The van der Waals surface area contributed by atoms with E-state index < -0.39 is 0 Å². The standard InChI is InChI=1S/C44H42ClN5O2S/c45-35-9-6-31(7-10-35)40-27-44(16-3-17-44)18-14-34(40)29-49-20-22-50(23-21-49)36-11-13-39(41(26-36)52-37-24-33-15-19-46-42(33)47-28-37)43(51)48-53-38-12-8-30-4-1-2-5-32(30)25-38/h1-2,4-13,15,19,24-26,28H,3,14,16-18,20-23,27,29H2,(H,46,47)(H,48,51). The molecule has 3 heterocycles. The lowest BCUT2D eigenvalue weighted by molar-refractivity contribution is 0.0982. The number of pyridine rings is 1. The molecule has 0 unspecified atom stereocenters. The number of hydrogen-bond donors (Lipinski definition) is 2. The van der Waals surface area contributed by atoms with Crippen molar-refractivity contribution in [3.63, 3.8) is 0 Å². The summed E-state index contributed by atoms with van der Waals surface area (Å²) in [6, 6.07) is 32.8. The Morgan fingerprint density at radius 2 is 1.72 bits per heavy atom. The first-order chi connectivity index (χ1) is 26.0. The molecule has 2 aliphatic carbocycles. The maximum atomic E-state index is 13.7. The number of ether oxygens (including phenoxy) is 1. The van der Waals surface area contributed by atoms with Crippen LogP contribution < -0.4 is 14.4 Å². The summed E-state index contributed by atoms with van der Waals surface area (Å²) in [4.78, 5) is 27.4. The van der Waals surface area contributed by atoms with E-state index in [1.807, 2.05) is 66.9 Å². The van der Waals surface area contributed by atoms with Crippen molar-refractivity contribution >= 4 is 62.5 Å². The number of piperazine rings is 1. The van der Waals surface area contributed by atoms with E-state index in [1.165, 1.54) is 61.4 Å². The van der Waals surface area contributed by atoms with E-state index in [2.05, 4.69) is 60.9 Å². The van der Waals surface area contributed by atoms with Crippen LogP contribution in [0, 0.1) is 5.41 Å². The monoisotopic (exact) mass is 739 g/mol. The number of rotatable bonds is 9. The Morgan fingerprint density at radius 3 is 2.53 bits per heavy atom. The van der Waals surface area contributed by atoms with Gasteiger partial charge in [0, 0.05) is 66.0 Å². The summed E-state index contributed by atoms with van der Waals surface area (Å²) < 4.78 is 9.52. The van der Waals surface area contributed by atoms with Gasteiger partial charge in [-0.05, 0) is 120 Å². The molecule has 0 bridgehead atoms. The molecule has 1 aliphatic heterocycles. The fourth-order valence-electron chi connectivity index (χ4n) is 8.30. The number of hydrogen-bond acceptors (Lipinski definition) is 6. The zero-order chi connectivity index (χ0) is 35.8. The minimum atomic E-state index is -0.217. The molecular formula is C44H42ClN5O2S. The molecule has 0 radical (unpaired) electrons. The van der Waals surface area contributed by atoms with Crippen LogP contribution in [0.5, 0.6) is 11.5 Å². The Balaban J connectivity index is 0.921. The van der Waals surface area contributed by atoms with Crippen molar-refractivity contribution in [3.8, 4) is 11.5 Å². The lowest BCUT2D eigenvalue weighted by Gasteiger charge is -2.47. The minimum absolute atomic E-state index is 0.217. The zero-order valence-electron chi connectivity index (χ0n) is 29.6. The Hall–Kier alpha value is -4.76. The van der Waals surface area contributed by atoms with Crippen LogP contribution in [0.25, 0.3) is 27.4 Å². The molecule has 7 nitrogen and oxygen atoms in total. The first-order valence-corrected chi connectivity index (χ1v) is 19.8. The van der Waals surface area contributed by atoms with Gasteiger partial charge >= 0.3 is 0 Å². The van der Waals surface area contributed by atoms with Crippen LogP contribution >= 0.6 is 23.5 Å². The highest BCUT2D eigenvalue weighted by Gasteiger charge is 2.41. The topological polar surface area (TPSA) is 73.5 Å². The Kier molecular flexibility index (Phi) is 9.36. The van der Waals surface area contributed by atoms with Crippen molar-refractivity contribution in [2.45, 2.75) is 43.4 Å². The van der Waals surface area contributed by atoms with E-state index in [-0.39, 0.29) is 5.91 Å². The van der Waals surface area contributed by atoms with Gasteiger partial charge in [0.15, 0.2) is 0 Å². The number of amides is 1. The van der Waals surface area contributed by atoms with E-state index in [0.29, 0.717) is 22.5 Å². The third-order valence-corrected chi connectivity index (χ3v) is 12.5. The molecule has 2 fully saturated rings. The Labute approximate surface area is 319 Å². The third-order valence-electron chi connectivity index (χ3n) is 11.5. The van der Waals surface area contributed by atoms with Crippen molar-refractivity contribution in [3.05, 3.63) is 131 Å². The van der Waals surface area contributed by atoms with Gasteiger partial charge in [0.1, 0.15) is 17.1 Å². The number of nitrogens with zero attached hydrogens (tertiary/aromatic N) is 3. The van der Waals surface area contributed by atoms with Crippen LogP contribution in [-0.2, 0) is 0 Å². The van der Waals surface area contributed by atoms with Gasteiger partial charge in [-0.25, -0.2) is 4.98 Å². The van der Waals surface area contributed by atoms with Gasteiger partial charge in [0.05, 0.1) is 11.8 Å². The predicted molar refractivity (Wildman–Crippen MR) is 217 cm³/mol. The zero-order valence-corrected chi connectivity index (χ0v) is 31.2. The second-order valence-electron chi connectivity index (χ2n) is 14.8. The molecule has 0 atom stereocenters. The molecule has 2 aromatic heterocycles. The first kappa shape index (κ1) is 34.0. The molecule has 268 valence electrons. The van der Waals surface area contributed by atoms with E-state index >= 15 is 0 Å². The Morgan fingerprint density at radius 1 is 0.887 bits per heavy atom. The number of fused-ring (bicyclic) bond motifs is 2. The van der Waals surface area contributed by atoms with Crippen molar-refractivity contribution in [2.75, 3.05) is 37.6 Å². The summed E-state index contributed by atoms with van der Waals surface area (Å²) in [6.45, 7) is 4.74. The van der Waals surface area contributed by atoms with Crippen molar-refractivity contribution in [2.24, 2.45) is 5.41 Å². The van der Waals surface area contributed by atoms with Crippen LogP contribution in [0.1, 0.15) is 54.4 Å². The molecule has 6 aromatic rings. The molecule has 2 N–H and O–H groups in total. The van der Waals surface area contributed by atoms with Crippen molar-refractivity contribution in [1.82, 2.24) is 19.6 Å². The number of nitrogens with one attached hydrogen (secondary N) is 2. The van der Waals surface area contributed by atoms with Crippen molar-refractivity contribution < 1.29 is 9.53 Å². The second kappa shape index (κ2) is 14.6.